The van der Waals surface area contributed by atoms with Crippen LogP contribution in [-0.2, 0) is 4.74 Å². The van der Waals surface area contributed by atoms with Gasteiger partial charge in [-0.15, -0.1) is 13.2 Å². The van der Waals surface area contributed by atoms with Gasteiger partial charge in [-0.1, -0.05) is 18.2 Å². The molecule has 0 unspecified atom stereocenters. The molecule has 0 aliphatic carbocycles. The molecule has 0 aliphatic heterocycles. The highest BCUT2D eigenvalue weighted by Crippen LogP contribution is 2.32. The minimum Gasteiger partial charge on any atom is -0.497 e. The van der Waals surface area contributed by atoms with Gasteiger partial charge in [0.2, 0.25) is 0 Å². The lowest BCUT2D eigenvalue weighted by Crippen LogP contribution is -2.17. The van der Waals surface area contributed by atoms with Gasteiger partial charge in [-0.05, 0) is 18.2 Å². The monoisotopic (exact) mass is 252 g/mol. The molecular weight excluding hydrogens is 245 g/mol. The molecule has 0 saturated carbocycles. The molecule has 0 N–H and O–H groups in total. The lowest BCUT2D eigenvalue weighted by atomic mass is 10.2. The van der Waals surface area contributed by atoms with Gasteiger partial charge in [-0.2, -0.15) is 0 Å². The number of alkyl halides is 3. The van der Waals surface area contributed by atoms with Crippen molar-refractivity contribution in [3.63, 3.8) is 0 Å². The minimum atomic E-state index is -4.76. The molecule has 1 aromatic rings. The van der Waals surface area contributed by atoms with Crippen molar-refractivity contribution in [1.29, 1.82) is 0 Å². The number of rotatable bonds is 3. The van der Waals surface area contributed by atoms with E-state index in [0.717, 1.165) is 6.07 Å². The zero-order chi connectivity index (χ0) is 12.3. The van der Waals surface area contributed by atoms with E-state index in [0.29, 0.717) is 11.3 Å². The summed E-state index contributed by atoms with van der Waals surface area (Å²) in [5.74, 6) is -0.151. The van der Waals surface area contributed by atoms with Crippen LogP contribution in [0.25, 0.3) is 5.76 Å². The van der Waals surface area contributed by atoms with Crippen LogP contribution in [0.5, 0.6) is 5.75 Å². The van der Waals surface area contributed by atoms with Crippen LogP contribution >= 0.6 is 11.6 Å². The van der Waals surface area contributed by atoms with Gasteiger partial charge in [0.25, 0.3) is 0 Å². The van der Waals surface area contributed by atoms with Crippen LogP contribution in [0.15, 0.2) is 24.8 Å². The van der Waals surface area contributed by atoms with Crippen LogP contribution in [0, 0.1) is 0 Å². The Hall–Kier alpha value is -1.36. The Balaban J connectivity index is 2.96. The van der Waals surface area contributed by atoms with E-state index in [2.05, 4.69) is 11.3 Å². The van der Waals surface area contributed by atoms with Crippen molar-refractivity contribution in [2.45, 2.75) is 6.36 Å². The number of hydrogen-bond acceptors (Lipinski definition) is 2. The molecule has 16 heavy (non-hydrogen) atoms. The first kappa shape index (κ1) is 12.7. The molecule has 0 atom stereocenters. The zero-order valence-corrected chi connectivity index (χ0v) is 9.02. The first-order chi connectivity index (χ1) is 7.33. The highest BCUT2D eigenvalue weighted by molar-refractivity contribution is 6.32. The molecule has 0 radical (unpaired) electrons. The van der Waals surface area contributed by atoms with Crippen molar-refractivity contribution in [2.24, 2.45) is 0 Å². The van der Waals surface area contributed by atoms with Crippen molar-refractivity contribution in [3.8, 4) is 5.75 Å². The van der Waals surface area contributed by atoms with Gasteiger partial charge in [-0.25, -0.2) is 0 Å². The predicted molar refractivity (Wildman–Crippen MR) is 54.2 cm³/mol. The van der Waals surface area contributed by atoms with Gasteiger partial charge in [0.05, 0.1) is 12.1 Å². The molecule has 2 nitrogen and oxygen atoms in total. The van der Waals surface area contributed by atoms with Gasteiger partial charge in [0.1, 0.15) is 11.5 Å². The molecule has 0 bridgehead atoms. The first-order valence-electron chi connectivity index (χ1n) is 4.12. The molecule has 0 aromatic heterocycles. The standard InChI is InChI=1S/C10H8ClF3O2/c1-6(15-2)7-3-4-9(8(11)5-7)16-10(12,13)14/h3-5H,1H2,2H3. The van der Waals surface area contributed by atoms with Crippen LogP contribution in [-0.4, -0.2) is 13.5 Å². The van der Waals surface area contributed by atoms with E-state index in [-0.39, 0.29) is 5.02 Å². The second-order valence-corrected chi connectivity index (χ2v) is 3.23. The van der Waals surface area contributed by atoms with Crippen molar-refractivity contribution in [3.05, 3.63) is 35.4 Å². The Bertz CT molecular complexity index is 402. The molecule has 0 heterocycles. The second kappa shape index (κ2) is 4.65. The number of methoxy groups -OCH3 is 1. The maximum absolute atomic E-state index is 11.9. The van der Waals surface area contributed by atoms with E-state index in [1.165, 1.54) is 19.2 Å². The quantitative estimate of drug-likeness (QED) is 0.761. The number of ether oxygens (including phenoxy) is 2. The smallest absolute Gasteiger partial charge is 0.497 e. The Kier molecular flexibility index (Phi) is 3.70. The number of benzene rings is 1. The zero-order valence-electron chi connectivity index (χ0n) is 8.27. The summed E-state index contributed by atoms with van der Waals surface area (Å²) in [4.78, 5) is 0. The lowest BCUT2D eigenvalue weighted by Gasteiger charge is -2.11. The fraction of sp³-hybridized carbons (Fsp3) is 0.200. The van der Waals surface area contributed by atoms with Crippen LogP contribution in [0.2, 0.25) is 5.02 Å². The van der Waals surface area contributed by atoms with Crippen LogP contribution < -0.4 is 4.74 Å². The summed E-state index contributed by atoms with van der Waals surface area (Å²) < 4.78 is 44.3. The molecule has 0 amide bonds. The van der Waals surface area contributed by atoms with E-state index in [4.69, 9.17) is 16.3 Å². The Morgan fingerprint density at radius 2 is 2.00 bits per heavy atom. The molecule has 1 rings (SSSR count). The minimum absolute atomic E-state index is 0.159. The van der Waals surface area contributed by atoms with Gasteiger partial charge in [0.15, 0.2) is 0 Å². The molecule has 1 aromatic carbocycles. The van der Waals surface area contributed by atoms with Crippen LogP contribution in [0.3, 0.4) is 0 Å². The summed E-state index contributed by atoms with van der Waals surface area (Å²) >= 11 is 5.61. The third kappa shape index (κ3) is 3.34. The molecule has 6 heteroatoms. The van der Waals surface area contributed by atoms with Crippen molar-refractivity contribution < 1.29 is 22.6 Å². The van der Waals surface area contributed by atoms with E-state index in [1.807, 2.05) is 0 Å². The molecule has 0 fully saturated rings. The van der Waals surface area contributed by atoms with E-state index < -0.39 is 12.1 Å². The van der Waals surface area contributed by atoms with E-state index >= 15 is 0 Å². The average Bonchev–Trinajstić information content (AvgIpc) is 2.18. The lowest BCUT2D eigenvalue weighted by molar-refractivity contribution is -0.274. The maximum Gasteiger partial charge on any atom is 0.573 e. The SMILES string of the molecule is C=C(OC)c1ccc(OC(F)(F)F)c(Cl)c1. The summed E-state index contributed by atoms with van der Waals surface area (Å²) in [5, 5.41) is -0.159. The Morgan fingerprint density at radius 3 is 2.44 bits per heavy atom. The summed E-state index contributed by atoms with van der Waals surface area (Å²) in [5.41, 5.74) is 0.488. The first-order valence-corrected chi connectivity index (χ1v) is 4.50. The third-order valence-corrected chi connectivity index (χ3v) is 2.02. The summed E-state index contributed by atoms with van der Waals surface area (Å²) in [6, 6.07) is 3.77. The number of hydrogen-bond donors (Lipinski definition) is 0. The van der Waals surface area contributed by atoms with Gasteiger partial charge >= 0.3 is 6.36 Å². The normalized spacial score (nSPS) is 11.1. The highest BCUT2D eigenvalue weighted by atomic mass is 35.5. The van der Waals surface area contributed by atoms with E-state index in [9.17, 15) is 13.2 Å². The fourth-order valence-electron chi connectivity index (χ4n) is 1.000. The summed E-state index contributed by atoms with van der Waals surface area (Å²) in [6.07, 6.45) is -4.76. The maximum atomic E-state index is 11.9. The third-order valence-electron chi connectivity index (χ3n) is 1.73. The Morgan fingerprint density at radius 1 is 1.38 bits per heavy atom. The van der Waals surface area contributed by atoms with E-state index in [1.54, 1.807) is 0 Å². The van der Waals surface area contributed by atoms with Crippen LogP contribution in [0.1, 0.15) is 5.56 Å². The molecule has 0 aliphatic rings. The van der Waals surface area contributed by atoms with Crippen LogP contribution in [0.4, 0.5) is 13.2 Å². The van der Waals surface area contributed by atoms with Crippen molar-refractivity contribution in [1.82, 2.24) is 0 Å². The van der Waals surface area contributed by atoms with Gasteiger partial charge in [-0.3, -0.25) is 0 Å². The highest BCUT2D eigenvalue weighted by Gasteiger charge is 2.32. The molecule has 88 valence electrons. The number of halogens is 4. The summed E-state index contributed by atoms with van der Waals surface area (Å²) in [6.45, 7) is 3.54. The molecular formula is C10H8ClF3O2. The Labute approximate surface area is 95.2 Å². The second-order valence-electron chi connectivity index (χ2n) is 2.82. The average molecular weight is 253 g/mol. The summed E-state index contributed by atoms with van der Waals surface area (Å²) in [7, 11) is 1.40. The fourth-order valence-corrected chi connectivity index (χ4v) is 1.22. The van der Waals surface area contributed by atoms with Crippen molar-refractivity contribution in [2.75, 3.05) is 7.11 Å². The molecule has 0 saturated heterocycles. The van der Waals surface area contributed by atoms with Gasteiger partial charge in [0, 0.05) is 5.56 Å². The topological polar surface area (TPSA) is 18.5 Å². The largest absolute Gasteiger partial charge is 0.573 e. The molecule has 0 spiro atoms. The predicted octanol–water partition coefficient (Wildman–Crippen LogP) is 3.86. The van der Waals surface area contributed by atoms with Gasteiger partial charge < -0.3 is 9.47 Å². The van der Waals surface area contributed by atoms with Crippen molar-refractivity contribution >= 4 is 17.4 Å².